The number of rotatable bonds is 2. The summed E-state index contributed by atoms with van der Waals surface area (Å²) in [5.74, 6) is 3.12. The lowest BCUT2D eigenvalue weighted by atomic mass is 9.97. The van der Waals surface area contributed by atoms with E-state index in [2.05, 4.69) is 41.2 Å². The molecule has 3 rings (SSSR count). The molecule has 1 aromatic rings. The summed E-state index contributed by atoms with van der Waals surface area (Å²) in [5.41, 5.74) is -0.0588. The first-order valence-corrected chi connectivity index (χ1v) is 6.78. The Kier molecular flexibility index (Phi) is 2.90. The zero-order valence-electron chi connectivity index (χ0n) is 11.4. The number of hydrogen-bond acceptors (Lipinski definition) is 5. The van der Waals surface area contributed by atoms with Gasteiger partial charge in [-0.15, -0.1) is 10.2 Å². The average molecular weight is 250 g/mol. The Morgan fingerprint density at radius 1 is 1.22 bits per heavy atom. The van der Waals surface area contributed by atoms with Gasteiger partial charge in [0.2, 0.25) is 11.8 Å². The van der Waals surface area contributed by atoms with Gasteiger partial charge in [-0.3, -0.25) is 4.90 Å². The molecule has 0 amide bonds. The van der Waals surface area contributed by atoms with E-state index in [0.29, 0.717) is 0 Å². The molecule has 0 aliphatic carbocycles. The standard InChI is InChI=1S/C13H22N4O/c1-13(2,3)12-16-15-11(18-12)8-17-6-9-4-14-5-10(9)7-17/h9-10,14H,4-8H2,1-3H3/t9-,10+. The van der Waals surface area contributed by atoms with Crippen LogP contribution in [0.25, 0.3) is 0 Å². The number of likely N-dealkylation sites (tertiary alicyclic amines) is 1. The Labute approximate surface area is 108 Å². The number of hydrogen-bond donors (Lipinski definition) is 1. The minimum atomic E-state index is -0.0588. The third-order valence-electron chi connectivity index (χ3n) is 3.93. The third-order valence-corrected chi connectivity index (χ3v) is 3.93. The molecule has 0 aromatic carbocycles. The first-order chi connectivity index (χ1) is 8.52. The lowest BCUT2D eigenvalue weighted by Crippen LogP contribution is -2.25. The molecule has 0 spiro atoms. The largest absolute Gasteiger partial charge is 0.423 e. The Hall–Kier alpha value is -0.940. The van der Waals surface area contributed by atoms with Gasteiger partial charge in [-0.25, -0.2) is 0 Å². The minimum Gasteiger partial charge on any atom is -0.423 e. The Morgan fingerprint density at radius 3 is 2.44 bits per heavy atom. The maximum absolute atomic E-state index is 5.75. The maximum atomic E-state index is 5.75. The fourth-order valence-corrected chi connectivity index (χ4v) is 2.89. The van der Waals surface area contributed by atoms with Gasteiger partial charge < -0.3 is 9.73 Å². The van der Waals surface area contributed by atoms with Crippen molar-refractivity contribution in [1.29, 1.82) is 0 Å². The lowest BCUT2D eigenvalue weighted by molar-refractivity contribution is 0.261. The zero-order valence-corrected chi connectivity index (χ0v) is 11.4. The first kappa shape index (κ1) is 12.1. The van der Waals surface area contributed by atoms with E-state index in [1.807, 2.05) is 0 Å². The number of nitrogens with zero attached hydrogens (tertiary/aromatic N) is 3. The molecule has 5 nitrogen and oxygen atoms in total. The van der Waals surface area contributed by atoms with Gasteiger partial charge in [0, 0.05) is 18.5 Å². The molecule has 2 fully saturated rings. The topological polar surface area (TPSA) is 54.2 Å². The minimum absolute atomic E-state index is 0.0588. The Bertz CT molecular complexity index is 411. The molecule has 2 atom stereocenters. The molecule has 1 N–H and O–H groups in total. The van der Waals surface area contributed by atoms with E-state index in [0.717, 1.165) is 56.3 Å². The number of fused-ring (bicyclic) bond motifs is 1. The molecule has 2 saturated heterocycles. The molecular weight excluding hydrogens is 228 g/mol. The van der Waals surface area contributed by atoms with Crippen molar-refractivity contribution in [2.75, 3.05) is 26.2 Å². The second-order valence-corrected chi connectivity index (χ2v) is 6.62. The highest BCUT2D eigenvalue weighted by Gasteiger charge is 2.36. The van der Waals surface area contributed by atoms with E-state index >= 15 is 0 Å². The van der Waals surface area contributed by atoms with Gasteiger partial charge in [-0.05, 0) is 24.9 Å². The number of aromatic nitrogens is 2. The Balaban J connectivity index is 1.62. The van der Waals surface area contributed by atoms with Crippen LogP contribution in [0, 0.1) is 11.8 Å². The second kappa shape index (κ2) is 4.31. The van der Waals surface area contributed by atoms with E-state index in [1.54, 1.807) is 0 Å². The van der Waals surface area contributed by atoms with E-state index in [4.69, 9.17) is 4.42 Å². The summed E-state index contributed by atoms with van der Waals surface area (Å²) < 4.78 is 5.75. The summed E-state index contributed by atoms with van der Waals surface area (Å²) in [6, 6.07) is 0. The fourth-order valence-electron chi connectivity index (χ4n) is 2.89. The summed E-state index contributed by atoms with van der Waals surface area (Å²) in [4.78, 5) is 2.44. The molecule has 100 valence electrons. The molecule has 1 aromatic heterocycles. The summed E-state index contributed by atoms with van der Waals surface area (Å²) in [6.07, 6.45) is 0. The predicted molar refractivity (Wildman–Crippen MR) is 68.1 cm³/mol. The van der Waals surface area contributed by atoms with Gasteiger partial charge >= 0.3 is 0 Å². The molecule has 0 unspecified atom stereocenters. The highest BCUT2D eigenvalue weighted by atomic mass is 16.4. The highest BCUT2D eigenvalue weighted by molar-refractivity contribution is 4.97. The van der Waals surface area contributed by atoms with Crippen molar-refractivity contribution >= 4 is 0 Å². The smallest absolute Gasteiger partial charge is 0.230 e. The molecular formula is C13H22N4O. The lowest BCUT2D eigenvalue weighted by Gasteiger charge is -2.14. The van der Waals surface area contributed by atoms with Crippen molar-refractivity contribution in [3.05, 3.63) is 11.8 Å². The van der Waals surface area contributed by atoms with Crippen LogP contribution in [0.5, 0.6) is 0 Å². The Morgan fingerprint density at radius 2 is 1.89 bits per heavy atom. The first-order valence-electron chi connectivity index (χ1n) is 6.78. The second-order valence-electron chi connectivity index (χ2n) is 6.62. The van der Waals surface area contributed by atoms with Gasteiger partial charge in [0.25, 0.3) is 0 Å². The highest BCUT2D eigenvalue weighted by Crippen LogP contribution is 2.27. The predicted octanol–water partition coefficient (Wildman–Crippen LogP) is 1.02. The molecule has 0 bridgehead atoms. The number of nitrogens with one attached hydrogen (secondary N) is 1. The molecule has 2 aliphatic rings. The summed E-state index contributed by atoms with van der Waals surface area (Å²) in [5, 5.41) is 11.8. The van der Waals surface area contributed by atoms with Crippen molar-refractivity contribution in [1.82, 2.24) is 20.4 Å². The SMILES string of the molecule is CC(C)(C)c1nnc(CN2C[C@H]3CNC[C@H]3C2)o1. The third kappa shape index (κ3) is 2.29. The van der Waals surface area contributed by atoms with E-state index < -0.39 is 0 Å². The molecule has 18 heavy (non-hydrogen) atoms. The molecule has 0 radical (unpaired) electrons. The van der Waals surface area contributed by atoms with Gasteiger partial charge in [0.15, 0.2) is 0 Å². The molecule has 3 heterocycles. The van der Waals surface area contributed by atoms with Gasteiger partial charge in [-0.2, -0.15) is 0 Å². The van der Waals surface area contributed by atoms with Crippen molar-refractivity contribution in [3.63, 3.8) is 0 Å². The van der Waals surface area contributed by atoms with Crippen molar-refractivity contribution in [2.45, 2.75) is 32.7 Å². The molecule has 5 heteroatoms. The van der Waals surface area contributed by atoms with E-state index in [9.17, 15) is 0 Å². The average Bonchev–Trinajstić information content (AvgIpc) is 2.90. The van der Waals surface area contributed by atoms with E-state index in [-0.39, 0.29) is 5.41 Å². The van der Waals surface area contributed by atoms with Crippen LogP contribution < -0.4 is 5.32 Å². The van der Waals surface area contributed by atoms with Crippen LogP contribution in [0.1, 0.15) is 32.6 Å². The van der Waals surface area contributed by atoms with Crippen LogP contribution in [0.4, 0.5) is 0 Å². The molecule has 0 saturated carbocycles. The maximum Gasteiger partial charge on any atom is 0.230 e. The van der Waals surface area contributed by atoms with Crippen LogP contribution in [-0.2, 0) is 12.0 Å². The quantitative estimate of drug-likeness (QED) is 0.849. The van der Waals surface area contributed by atoms with Crippen molar-refractivity contribution in [3.8, 4) is 0 Å². The summed E-state index contributed by atoms with van der Waals surface area (Å²) in [7, 11) is 0. The monoisotopic (exact) mass is 250 g/mol. The van der Waals surface area contributed by atoms with Crippen molar-refractivity contribution in [2.24, 2.45) is 11.8 Å². The zero-order chi connectivity index (χ0) is 12.8. The molecule has 2 aliphatic heterocycles. The normalized spacial score (nSPS) is 28.8. The van der Waals surface area contributed by atoms with Gasteiger partial charge in [-0.1, -0.05) is 20.8 Å². The van der Waals surface area contributed by atoms with Gasteiger partial charge in [0.05, 0.1) is 6.54 Å². The summed E-state index contributed by atoms with van der Waals surface area (Å²) >= 11 is 0. The van der Waals surface area contributed by atoms with Crippen LogP contribution in [0.15, 0.2) is 4.42 Å². The van der Waals surface area contributed by atoms with Crippen molar-refractivity contribution < 1.29 is 4.42 Å². The van der Waals surface area contributed by atoms with Crippen LogP contribution in [0.3, 0.4) is 0 Å². The summed E-state index contributed by atoms with van der Waals surface area (Å²) in [6.45, 7) is 11.7. The fraction of sp³-hybridized carbons (Fsp3) is 0.846. The van der Waals surface area contributed by atoms with Crippen LogP contribution in [-0.4, -0.2) is 41.3 Å². The van der Waals surface area contributed by atoms with Crippen LogP contribution >= 0.6 is 0 Å². The van der Waals surface area contributed by atoms with E-state index in [1.165, 1.54) is 0 Å². The van der Waals surface area contributed by atoms with Crippen LogP contribution in [0.2, 0.25) is 0 Å². The van der Waals surface area contributed by atoms with Gasteiger partial charge in [0.1, 0.15) is 0 Å².